The van der Waals surface area contributed by atoms with Gasteiger partial charge >= 0.3 is 11.9 Å². The lowest BCUT2D eigenvalue weighted by molar-refractivity contribution is -0.151. The van der Waals surface area contributed by atoms with Gasteiger partial charge in [0.2, 0.25) is 0 Å². The molecule has 3 fully saturated rings. The largest absolute Gasteiger partial charge is 0.465 e. The highest BCUT2D eigenvalue weighted by atomic mass is 16.5. The van der Waals surface area contributed by atoms with Gasteiger partial charge in [-0.25, -0.2) is 0 Å². The van der Waals surface area contributed by atoms with Crippen molar-refractivity contribution >= 4 is 11.9 Å². The van der Waals surface area contributed by atoms with Crippen molar-refractivity contribution in [1.82, 2.24) is 4.90 Å². The third-order valence-electron chi connectivity index (χ3n) is 17.9. The van der Waals surface area contributed by atoms with E-state index in [9.17, 15) is 14.7 Å². The third-order valence-corrected chi connectivity index (χ3v) is 17.9. The van der Waals surface area contributed by atoms with Crippen LogP contribution in [0.25, 0.3) is 0 Å². The van der Waals surface area contributed by atoms with Gasteiger partial charge in [0.05, 0.1) is 12.5 Å². The lowest BCUT2D eigenvalue weighted by atomic mass is 9.47. The van der Waals surface area contributed by atoms with E-state index in [0.29, 0.717) is 29.8 Å². The molecule has 66 heavy (non-hydrogen) atoms. The van der Waals surface area contributed by atoms with Crippen LogP contribution in [-0.2, 0) is 25.5 Å². The van der Waals surface area contributed by atoms with E-state index in [2.05, 4.69) is 83.7 Å². The molecule has 376 valence electrons. The molecule has 1 aromatic rings. The Kier molecular flexibility index (Phi) is 23.1. The second-order valence-electron chi connectivity index (χ2n) is 23.8. The van der Waals surface area contributed by atoms with Gasteiger partial charge in [0.1, 0.15) is 6.10 Å². The summed E-state index contributed by atoms with van der Waals surface area (Å²) in [7, 11) is 0. The number of allylic oxidation sites excluding steroid dienone is 1. The first-order valence-corrected chi connectivity index (χ1v) is 28.2. The van der Waals surface area contributed by atoms with E-state index < -0.39 is 0 Å². The Labute approximate surface area is 406 Å². The molecule has 4 aliphatic carbocycles. The number of esters is 2. The maximum atomic E-state index is 13.1. The normalized spacial score (nSPS) is 27.0. The number of rotatable bonds is 31. The van der Waals surface area contributed by atoms with E-state index in [0.717, 1.165) is 125 Å². The lowest BCUT2D eigenvalue weighted by Crippen LogP contribution is -2.51. The van der Waals surface area contributed by atoms with Crippen LogP contribution in [0.5, 0.6) is 0 Å². The minimum Gasteiger partial charge on any atom is -0.465 e. The molecule has 0 bridgehead atoms. The highest BCUT2D eigenvalue weighted by molar-refractivity contribution is 5.77. The summed E-state index contributed by atoms with van der Waals surface area (Å²) in [5, 5.41) is 9.40. The van der Waals surface area contributed by atoms with Crippen LogP contribution in [0.4, 0.5) is 0 Å². The van der Waals surface area contributed by atoms with Crippen LogP contribution in [-0.4, -0.2) is 60.9 Å². The first kappa shape index (κ1) is 54.8. The Balaban J connectivity index is 0.904. The molecular weight excluding hydrogens is 815 g/mol. The molecule has 5 rings (SSSR count). The minimum atomic E-state index is -0.223. The molecular formula is C60H101NO5. The van der Waals surface area contributed by atoms with E-state index in [1.165, 1.54) is 102 Å². The van der Waals surface area contributed by atoms with Gasteiger partial charge in [0.25, 0.3) is 0 Å². The maximum absolute atomic E-state index is 13.1. The average Bonchev–Trinajstić information content (AvgIpc) is 3.65. The Hall–Kier alpha value is -2.18. The fourth-order valence-corrected chi connectivity index (χ4v) is 13.9. The van der Waals surface area contributed by atoms with Gasteiger partial charge in [-0.15, -0.1) is 0 Å². The van der Waals surface area contributed by atoms with Crippen LogP contribution >= 0.6 is 0 Å². The fraction of sp³-hybridized carbons (Fsp3) is 0.833. The van der Waals surface area contributed by atoms with E-state index >= 15 is 0 Å². The van der Waals surface area contributed by atoms with Crippen LogP contribution in [0.15, 0.2) is 35.9 Å². The first-order valence-electron chi connectivity index (χ1n) is 28.2. The minimum absolute atomic E-state index is 0.0120. The van der Waals surface area contributed by atoms with Gasteiger partial charge < -0.3 is 19.5 Å². The smallest absolute Gasteiger partial charge is 0.313 e. The van der Waals surface area contributed by atoms with E-state index in [-0.39, 0.29) is 30.6 Å². The molecule has 0 radical (unpaired) electrons. The van der Waals surface area contributed by atoms with Crippen LogP contribution in [0.2, 0.25) is 0 Å². The number of aliphatic hydroxyl groups excluding tert-OH is 1. The van der Waals surface area contributed by atoms with Gasteiger partial charge in [0, 0.05) is 19.4 Å². The standard InChI is InChI=1S/C60H101NO5/c1-45(2)23-22-24-47(5)54-32-33-55-53-31-30-51-44-52(34-36-59(51,7)56(53)35-37-60(54,55)8)66-57(63)25-16-15-18-39-61(40-19-20-41-62)38-17-13-11-9-10-12-14-21-42-65-58(64)48(6)50-28-26-49(27-29-50)43-46(3)4/h26-30,45-48,52-56,62H,9-25,31-44H2,1-8H3. The van der Waals surface area contributed by atoms with Gasteiger partial charge in [-0.3, -0.25) is 9.59 Å². The zero-order chi connectivity index (χ0) is 47.5. The Bertz CT molecular complexity index is 1590. The molecule has 0 spiro atoms. The molecule has 4 aliphatic rings. The monoisotopic (exact) mass is 916 g/mol. The summed E-state index contributed by atoms with van der Waals surface area (Å²) in [5.41, 5.74) is 4.78. The summed E-state index contributed by atoms with van der Waals surface area (Å²) >= 11 is 0. The number of unbranched alkanes of at least 4 members (excludes halogenated alkanes) is 10. The number of hydrogen-bond donors (Lipinski definition) is 1. The second kappa shape index (κ2) is 27.9. The number of nitrogens with zero attached hydrogens (tertiary/aromatic N) is 1. The molecule has 9 unspecified atom stereocenters. The molecule has 1 N–H and O–H groups in total. The van der Waals surface area contributed by atoms with Crippen LogP contribution in [0.1, 0.15) is 233 Å². The molecule has 9 atom stereocenters. The fourth-order valence-electron chi connectivity index (χ4n) is 13.9. The molecule has 0 heterocycles. The SMILES string of the molecule is CC(C)CCCC(C)C1CCC2C3CC=C4CC(OC(=O)CCCCCN(CCCCO)CCCCCCCCCCOC(=O)C(C)c5ccc(CC(C)C)cc5)CCC4(C)C3CCC12C. The zero-order valence-corrected chi connectivity index (χ0v) is 44.0. The van der Waals surface area contributed by atoms with Crippen LogP contribution < -0.4 is 0 Å². The van der Waals surface area contributed by atoms with Gasteiger partial charge in [-0.2, -0.15) is 0 Å². The third kappa shape index (κ3) is 16.2. The number of ether oxygens (including phenoxy) is 2. The molecule has 1 aromatic carbocycles. The number of aliphatic hydroxyl groups is 1. The molecule has 3 saturated carbocycles. The van der Waals surface area contributed by atoms with Crippen molar-refractivity contribution in [1.29, 1.82) is 0 Å². The first-order chi connectivity index (χ1) is 31.7. The molecule has 6 heteroatoms. The lowest BCUT2D eigenvalue weighted by Gasteiger charge is -2.58. The summed E-state index contributed by atoms with van der Waals surface area (Å²) in [6, 6.07) is 8.44. The van der Waals surface area contributed by atoms with Crippen molar-refractivity contribution < 1.29 is 24.2 Å². The van der Waals surface area contributed by atoms with Crippen LogP contribution in [0.3, 0.4) is 0 Å². The molecule has 6 nitrogen and oxygen atoms in total. The topological polar surface area (TPSA) is 76.1 Å². The van der Waals surface area contributed by atoms with Gasteiger partial charge in [-0.05, 0) is 180 Å². The maximum Gasteiger partial charge on any atom is 0.313 e. The van der Waals surface area contributed by atoms with E-state index in [4.69, 9.17) is 9.47 Å². The van der Waals surface area contributed by atoms with E-state index in [1.807, 2.05) is 6.92 Å². The Morgan fingerprint density at radius 1 is 0.712 bits per heavy atom. The number of carbonyl (C=O) groups is 2. The summed E-state index contributed by atoms with van der Waals surface area (Å²) in [5.74, 6) is 5.40. The summed E-state index contributed by atoms with van der Waals surface area (Å²) in [6.07, 6.45) is 33.1. The summed E-state index contributed by atoms with van der Waals surface area (Å²) < 4.78 is 11.8. The Morgan fingerprint density at radius 2 is 1.36 bits per heavy atom. The summed E-state index contributed by atoms with van der Waals surface area (Å²) in [4.78, 5) is 28.3. The van der Waals surface area contributed by atoms with Crippen molar-refractivity contribution in [3.05, 3.63) is 47.0 Å². The van der Waals surface area contributed by atoms with Crippen molar-refractivity contribution in [2.45, 2.75) is 234 Å². The number of hydrogen-bond acceptors (Lipinski definition) is 6. The highest BCUT2D eigenvalue weighted by Crippen LogP contribution is 2.67. The average molecular weight is 916 g/mol. The predicted molar refractivity (Wildman–Crippen MR) is 275 cm³/mol. The van der Waals surface area contributed by atoms with E-state index in [1.54, 1.807) is 5.57 Å². The van der Waals surface area contributed by atoms with Crippen LogP contribution in [0, 0.1) is 52.3 Å². The Morgan fingerprint density at radius 3 is 2.03 bits per heavy atom. The quantitative estimate of drug-likeness (QED) is 0.0454. The predicted octanol–water partition coefficient (Wildman–Crippen LogP) is 15.2. The molecule has 0 saturated heterocycles. The second-order valence-corrected chi connectivity index (χ2v) is 23.8. The molecule has 0 amide bonds. The number of fused-ring (bicyclic) bond motifs is 5. The van der Waals surface area contributed by atoms with Crippen molar-refractivity contribution in [3.8, 4) is 0 Å². The van der Waals surface area contributed by atoms with Gasteiger partial charge in [-0.1, -0.05) is 149 Å². The van der Waals surface area contributed by atoms with Crippen molar-refractivity contribution in [2.24, 2.45) is 52.3 Å². The number of carbonyl (C=O) groups excluding carboxylic acids is 2. The van der Waals surface area contributed by atoms with Crippen molar-refractivity contribution in [3.63, 3.8) is 0 Å². The molecule has 0 aromatic heterocycles. The number of benzene rings is 1. The van der Waals surface area contributed by atoms with Gasteiger partial charge in [0.15, 0.2) is 0 Å². The zero-order valence-electron chi connectivity index (χ0n) is 44.0. The molecule has 0 aliphatic heterocycles. The van der Waals surface area contributed by atoms with Crippen molar-refractivity contribution in [2.75, 3.05) is 32.8 Å². The highest BCUT2D eigenvalue weighted by Gasteiger charge is 2.59. The summed E-state index contributed by atoms with van der Waals surface area (Å²) in [6.45, 7) is 23.0.